The number of hydrogen-bond acceptors (Lipinski definition) is 6. The number of aliphatic hydroxyl groups is 1. The minimum absolute atomic E-state index is 0.226. The van der Waals surface area contributed by atoms with E-state index < -0.39 is 6.10 Å². The van der Waals surface area contributed by atoms with Gasteiger partial charge in [-0.3, -0.25) is 0 Å². The normalized spacial score (nSPS) is 20.7. The molecule has 0 amide bonds. The topological polar surface area (TPSA) is 63.2 Å². The fourth-order valence-corrected chi connectivity index (χ4v) is 2.07. The van der Waals surface area contributed by atoms with Crippen LogP contribution in [0.3, 0.4) is 0 Å². The Bertz CT molecular complexity index is 225. The number of methoxy groups -OCH3 is 1. The Morgan fingerprint density at radius 1 is 1.45 bits per heavy atom. The molecule has 0 spiro atoms. The van der Waals surface area contributed by atoms with Gasteiger partial charge in [-0.05, 0) is 19.9 Å². The summed E-state index contributed by atoms with van der Waals surface area (Å²) >= 11 is 0. The fraction of sp³-hybridized carbons (Fsp3) is 1.00. The zero-order chi connectivity index (χ0) is 14.6. The van der Waals surface area contributed by atoms with Crippen LogP contribution in [0.15, 0.2) is 0 Å². The van der Waals surface area contributed by atoms with Gasteiger partial charge in [-0.15, -0.1) is 0 Å². The third kappa shape index (κ3) is 8.84. The summed E-state index contributed by atoms with van der Waals surface area (Å²) in [6.45, 7) is 5.82. The molecular weight excluding hydrogens is 260 g/mol. The van der Waals surface area contributed by atoms with Gasteiger partial charge in [0.25, 0.3) is 0 Å². The van der Waals surface area contributed by atoms with Crippen LogP contribution in [0.1, 0.15) is 12.8 Å². The SMILES string of the molecule is COCCN(C)CCNCC(O)COCC1CCCO1. The molecule has 0 saturated carbocycles. The summed E-state index contributed by atoms with van der Waals surface area (Å²) in [7, 11) is 3.76. The van der Waals surface area contributed by atoms with Crippen molar-refractivity contribution in [2.75, 3.05) is 66.8 Å². The molecule has 2 unspecified atom stereocenters. The Kier molecular flexibility index (Phi) is 10.2. The first-order valence-electron chi connectivity index (χ1n) is 7.48. The van der Waals surface area contributed by atoms with Crippen LogP contribution in [0.5, 0.6) is 0 Å². The predicted octanol–water partition coefficient (Wildman–Crippen LogP) is -0.289. The van der Waals surface area contributed by atoms with E-state index in [-0.39, 0.29) is 6.10 Å². The van der Waals surface area contributed by atoms with Gasteiger partial charge in [0.2, 0.25) is 0 Å². The second-order valence-corrected chi connectivity index (χ2v) is 5.33. The minimum Gasteiger partial charge on any atom is -0.389 e. The van der Waals surface area contributed by atoms with E-state index in [9.17, 15) is 5.11 Å². The summed E-state index contributed by atoms with van der Waals surface area (Å²) < 4.78 is 15.9. The van der Waals surface area contributed by atoms with Gasteiger partial charge in [0.15, 0.2) is 0 Å². The van der Waals surface area contributed by atoms with Crippen molar-refractivity contribution in [3.05, 3.63) is 0 Å². The average molecular weight is 290 g/mol. The third-order valence-electron chi connectivity index (χ3n) is 3.37. The highest BCUT2D eigenvalue weighted by atomic mass is 16.5. The van der Waals surface area contributed by atoms with Crippen LogP contribution in [0.4, 0.5) is 0 Å². The van der Waals surface area contributed by atoms with Crippen molar-refractivity contribution in [3.63, 3.8) is 0 Å². The quantitative estimate of drug-likeness (QED) is 0.482. The Hall–Kier alpha value is -0.240. The van der Waals surface area contributed by atoms with Crippen LogP contribution in [-0.4, -0.2) is 89.0 Å². The highest BCUT2D eigenvalue weighted by Gasteiger charge is 2.15. The molecule has 6 nitrogen and oxygen atoms in total. The molecule has 1 rings (SSSR count). The maximum Gasteiger partial charge on any atom is 0.0897 e. The van der Waals surface area contributed by atoms with Crippen LogP contribution < -0.4 is 5.32 Å². The van der Waals surface area contributed by atoms with Gasteiger partial charge < -0.3 is 29.5 Å². The smallest absolute Gasteiger partial charge is 0.0897 e. The van der Waals surface area contributed by atoms with Crippen molar-refractivity contribution in [3.8, 4) is 0 Å². The molecular formula is C14H30N2O4. The Morgan fingerprint density at radius 3 is 3.00 bits per heavy atom. The van der Waals surface area contributed by atoms with E-state index in [1.165, 1.54) is 0 Å². The molecule has 1 saturated heterocycles. The lowest BCUT2D eigenvalue weighted by Gasteiger charge is -2.18. The van der Waals surface area contributed by atoms with E-state index >= 15 is 0 Å². The fourth-order valence-electron chi connectivity index (χ4n) is 2.07. The molecule has 0 bridgehead atoms. The largest absolute Gasteiger partial charge is 0.389 e. The van der Waals surface area contributed by atoms with E-state index in [1.807, 2.05) is 0 Å². The number of nitrogens with zero attached hydrogens (tertiary/aromatic N) is 1. The van der Waals surface area contributed by atoms with Gasteiger partial charge in [0.1, 0.15) is 0 Å². The van der Waals surface area contributed by atoms with Crippen LogP contribution in [0.2, 0.25) is 0 Å². The Labute approximate surface area is 122 Å². The van der Waals surface area contributed by atoms with Crippen LogP contribution in [0.25, 0.3) is 0 Å². The maximum atomic E-state index is 9.77. The molecule has 0 aromatic rings. The number of likely N-dealkylation sites (N-methyl/N-ethyl adjacent to an activating group) is 1. The second kappa shape index (κ2) is 11.4. The van der Waals surface area contributed by atoms with Crippen LogP contribution in [0, 0.1) is 0 Å². The molecule has 2 N–H and O–H groups in total. The molecule has 1 aliphatic rings. The molecule has 20 heavy (non-hydrogen) atoms. The second-order valence-electron chi connectivity index (χ2n) is 5.33. The zero-order valence-corrected chi connectivity index (χ0v) is 12.8. The van der Waals surface area contributed by atoms with Crippen LogP contribution in [-0.2, 0) is 14.2 Å². The molecule has 0 aromatic heterocycles. The van der Waals surface area contributed by atoms with E-state index in [2.05, 4.69) is 17.3 Å². The molecule has 1 fully saturated rings. The predicted molar refractivity (Wildman–Crippen MR) is 78.0 cm³/mol. The first kappa shape index (κ1) is 17.8. The van der Waals surface area contributed by atoms with Gasteiger partial charge in [0, 0.05) is 39.9 Å². The van der Waals surface area contributed by atoms with Crippen molar-refractivity contribution in [1.29, 1.82) is 0 Å². The van der Waals surface area contributed by atoms with Gasteiger partial charge in [-0.2, -0.15) is 0 Å². The first-order valence-corrected chi connectivity index (χ1v) is 7.48. The van der Waals surface area contributed by atoms with E-state index in [1.54, 1.807) is 7.11 Å². The number of nitrogens with one attached hydrogen (secondary N) is 1. The van der Waals surface area contributed by atoms with E-state index in [0.29, 0.717) is 19.8 Å². The molecule has 1 aliphatic heterocycles. The molecule has 0 aromatic carbocycles. The lowest BCUT2D eigenvalue weighted by Crippen LogP contribution is -2.36. The summed E-state index contributed by atoms with van der Waals surface area (Å²) in [4.78, 5) is 2.19. The third-order valence-corrected chi connectivity index (χ3v) is 3.37. The van der Waals surface area contributed by atoms with Gasteiger partial charge in [0.05, 0.1) is 32.0 Å². The summed E-state index contributed by atoms with van der Waals surface area (Å²) in [5, 5.41) is 13.0. The van der Waals surface area contributed by atoms with Crippen molar-refractivity contribution in [2.45, 2.75) is 25.0 Å². The molecule has 120 valence electrons. The van der Waals surface area contributed by atoms with Crippen molar-refractivity contribution in [2.24, 2.45) is 0 Å². The van der Waals surface area contributed by atoms with E-state index in [4.69, 9.17) is 14.2 Å². The number of rotatable bonds is 12. The van der Waals surface area contributed by atoms with E-state index in [0.717, 1.165) is 45.7 Å². The summed E-state index contributed by atoms with van der Waals surface area (Å²) in [5.74, 6) is 0. The molecule has 1 heterocycles. The maximum absolute atomic E-state index is 9.77. The number of aliphatic hydroxyl groups excluding tert-OH is 1. The lowest BCUT2D eigenvalue weighted by atomic mass is 10.2. The first-order chi connectivity index (χ1) is 9.72. The minimum atomic E-state index is -0.458. The summed E-state index contributed by atoms with van der Waals surface area (Å²) in [6.07, 6.45) is 1.96. The monoisotopic (exact) mass is 290 g/mol. The summed E-state index contributed by atoms with van der Waals surface area (Å²) in [5.41, 5.74) is 0. The summed E-state index contributed by atoms with van der Waals surface area (Å²) in [6, 6.07) is 0. The highest BCUT2D eigenvalue weighted by Crippen LogP contribution is 2.11. The van der Waals surface area contributed by atoms with Gasteiger partial charge in [-0.1, -0.05) is 0 Å². The Balaban J connectivity index is 1.87. The van der Waals surface area contributed by atoms with Crippen LogP contribution >= 0.6 is 0 Å². The van der Waals surface area contributed by atoms with Crippen molar-refractivity contribution < 1.29 is 19.3 Å². The van der Waals surface area contributed by atoms with Crippen molar-refractivity contribution in [1.82, 2.24) is 10.2 Å². The average Bonchev–Trinajstić information content (AvgIpc) is 2.94. The number of ether oxygens (including phenoxy) is 3. The van der Waals surface area contributed by atoms with Gasteiger partial charge >= 0.3 is 0 Å². The lowest BCUT2D eigenvalue weighted by molar-refractivity contribution is -0.0164. The molecule has 0 aliphatic carbocycles. The zero-order valence-electron chi connectivity index (χ0n) is 12.8. The standard InChI is InChI=1S/C14H30N2O4/c1-16(7-9-18-2)6-5-15-10-13(17)11-19-12-14-4-3-8-20-14/h13-15,17H,3-12H2,1-2H3. The molecule has 6 heteroatoms. The highest BCUT2D eigenvalue weighted by molar-refractivity contribution is 4.65. The Morgan fingerprint density at radius 2 is 2.30 bits per heavy atom. The molecule has 0 radical (unpaired) electrons. The van der Waals surface area contributed by atoms with Crippen molar-refractivity contribution >= 4 is 0 Å². The number of hydrogen-bond donors (Lipinski definition) is 2. The molecule has 2 atom stereocenters. The van der Waals surface area contributed by atoms with Gasteiger partial charge in [-0.25, -0.2) is 0 Å².